The maximum Gasteiger partial charge on any atom is 0.228 e. The zero-order valence-corrected chi connectivity index (χ0v) is 14.9. The number of halogens is 1. The summed E-state index contributed by atoms with van der Waals surface area (Å²) in [7, 11) is -3.54. The minimum absolute atomic E-state index is 0.163. The average Bonchev–Trinajstić information content (AvgIpc) is 2.60. The molecule has 0 unspecified atom stereocenters. The van der Waals surface area contributed by atoms with Gasteiger partial charge in [-0.3, -0.25) is 4.79 Å². The second-order valence-corrected chi connectivity index (χ2v) is 8.39. The average molecular weight is 361 g/mol. The lowest BCUT2D eigenvalue weighted by Crippen LogP contribution is -2.37. The Morgan fingerprint density at radius 1 is 1.16 bits per heavy atom. The Bertz CT molecular complexity index is 891. The molecule has 3 rings (SSSR count). The van der Waals surface area contributed by atoms with Gasteiger partial charge in [-0.05, 0) is 43.5 Å². The zero-order chi connectivity index (χ0) is 18.0. The van der Waals surface area contributed by atoms with Crippen LogP contribution < -0.4 is 4.90 Å². The first-order valence-electron chi connectivity index (χ1n) is 8.26. The summed E-state index contributed by atoms with van der Waals surface area (Å²) in [5.41, 5.74) is 2.06. The fraction of sp³-hybridized carbons (Fsp3) is 0.316. The number of carbonyl (C=O) groups excluding carboxylic acids is 1. The molecule has 2 aromatic carbocycles. The minimum atomic E-state index is -3.54. The number of sulfone groups is 1. The topological polar surface area (TPSA) is 54.5 Å². The summed E-state index contributed by atoms with van der Waals surface area (Å²) in [5.74, 6) is -1.08. The molecule has 1 amide bonds. The van der Waals surface area contributed by atoms with Crippen molar-refractivity contribution in [3.8, 4) is 0 Å². The van der Waals surface area contributed by atoms with Crippen LogP contribution in [0.25, 0.3) is 0 Å². The zero-order valence-electron chi connectivity index (χ0n) is 14.0. The molecule has 0 saturated carbocycles. The quantitative estimate of drug-likeness (QED) is 0.840. The molecule has 1 aliphatic rings. The first-order valence-corrected chi connectivity index (χ1v) is 9.91. The maximum atomic E-state index is 14.1. The number of benzene rings is 2. The van der Waals surface area contributed by atoms with Gasteiger partial charge in [0.1, 0.15) is 5.82 Å². The van der Waals surface area contributed by atoms with E-state index in [9.17, 15) is 17.6 Å². The van der Waals surface area contributed by atoms with E-state index in [0.29, 0.717) is 12.2 Å². The first kappa shape index (κ1) is 17.6. The van der Waals surface area contributed by atoms with Gasteiger partial charge in [0.2, 0.25) is 5.91 Å². The molecule has 6 heteroatoms. The highest BCUT2D eigenvalue weighted by molar-refractivity contribution is 7.91. The van der Waals surface area contributed by atoms with E-state index >= 15 is 0 Å². The van der Waals surface area contributed by atoms with Crippen LogP contribution in [0.4, 0.5) is 10.1 Å². The number of rotatable bonds is 4. The molecule has 0 aromatic heterocycles. The molecule has 0 aliphatic carbocycles. The highest BCUT2D eigenvalue weighted by Crippen LogP contribution is 2.30. The van der Waals surface area contributed by atoms with Crippen LogP contribution in [-0.2, 0) is 21.1 Å². The monoisotopic (exact) mass is 361 g/mol. The van der Waals surface area contributed by atoms with Gasteiger partial charge in [-0.15, -0.1) is 0 Å². The second-order valence-electron chi connectivity index (χ2n) is 6.28. The van der Waals surface area contributed by atoms with Crippen LogP contribution in [0, 0.1) is 12.7 Å². The number of anilines is 1. The Hall–Kier alpha value is -2.21. The number of aryl methyl sites for hydroxylation is 2. The summed E-state index contributed by atoms with van der Waals surface area (Å²) in [5, 5.41) is 0. The molecular weight excluding hydrogens is 341 g/mol. The van der Waals surface area contributed by atoms with Crippen LogP contribution in [0.15, 0.2) is 47.4 Å². The van der Waals surface area contributed by atoms with Crippen molar-refractivity contribution in [2.75, 3.05) is 17.2 Å². The number of nitrogens with zero attached hydrogens (tertiary/aromatic N) is 1. The van der Waals surface area contributed by atoms with E-state index in [1.54, 1.807) is 36.4 Å². The molecule has 25 heavy (non-hydrogen) atoms. The van der Waals surface area contributed by atoms with Crippen LogP contribution in [-0.4, -0.2) is 26.6 Å². The molecule has 0 radical (unpaired) electrons. The SMILES string of the molecule is Cc1ccc(S(=O)(=O)CCC(=O)N2CCCc3cccc(F)c32)cc1. The smallest absolute Gasteiger partial charge is 0.228 e. The molecule has 0 fully saturated rings. The molecule has 2 aromatic rings. The van der Waals surface area contributed by atoms with Crippen molar-refractivity contribution in [2.45, 2.75) is 31.1 Å². The largest absolute Gasteiger partial charge is 0.309 e. The Morgan fingerprint density at radius 2 is 1.88 bits per heavy atom. The standard InChI is InChI=1S/C19H20FNO3S/c1-14-7-9-16(10-8-14)25(23,24)13-11-18(22)21-12-3-5-15-4-2-6-17(20)19(15)21/h2,4,6-10H,3,5,11-13H2,1H3. The number of hydrogen-bond acceptors (Lipinski definition) is 3. The third-order valence-electron chi connectivity index (χ3n) is 4.43. The van der Waals surface area contributed by atoms with Gasteiger partial charge in [0.25, 0.3) is 0 Å². The molecule has 1 heterocycles. The van der Waals surface area contributed by atoms with E-state index in [4.69, 9.17) is 0 Å². The van der Waals surface area contributed by atoms with Crippen molar-refractivity contribution in [1.29, 1.82) is 0 Å². The molecule has 0 saturated heterocycles. The van der Waals surface area contributed by atoms with E-state index in [1.165, 1.54) is 11.0 Å². The molecule has 0 atom stereocenters. The van der Waals surface area contributed by atoms with Crippen molar-refractivity contribution in [3.63, 3.8) is 0 Å². The van der Waals surface area contributed by atoms with E-state index in [0.717, 1.165) is 24.0 Å². The van der Waals surface area contributed by atoms with Crippen molar-refractivity contribution >= 4 is 21.4 Å². The fourth-order valence-electron chi connectivity index (χ4n) is 3.07. The lowest BCUT2D eigenvalue weighted by atomic mass is 10.0. The highest BCUT2D eigenvalue weighted by atomic mass is 32.2. The van der Waals surface area contributed by atoms with E-state index in [1.807, 2.05) is 6.92 Å². The third-order valence-corrected chi connectivity index (χ3v) is 6.17. The summed E-state index contributed by atoms with van der Waals surface area (Å²) < 4.78 is 38.9. The fourth-order valence-corrected chi connectivity index (χ4v) is 4.30. The van der Waals surface area contributed by atoms with Crippen molar-refractivity contribution in [1.82, 2.24) is 0 Å². The second kappa shape index (κ2) is 6.96. The predicted octanol–water partition coefficient (Wildman–Crippen LogP) is 3.28. The normalized spacial score (nSPS) is 14.2. The first-order chi connectivity index (χ1) is 11.9. The summed E-state index contributed by atoms with van der Waals surface area (Å²) >= 11 is 0. The molecule has 132 valence electrons. The van der Waals surface area contributed by atoms with Gasteiger partial charge in [0.05, 0.1) is 16.3 Å². The molecule has 0 bridgehead atoms. The molecular formula is C19H20FNO3S. The van der Waals surface area contributed by atoms with Crippen molar-refractivity contribution in [2.24, 2.45) is 0 Å². The van der Waals surface area contributed by atoms with E-state index < -0.39 is 15.7 Å². The Morgan fingerprint density at radius 3 is 2.60 bits per heavy atom. The summed E-state index contributed by atoms with van der Waals surface area (Å²) in [6.45, 7) is 2.29. The van der Waals surface area contributed by atoms with Gasteiger partial charge in [0, 0.05) is 13.0 Å². The Balaban J connectivity index is 1.75. The maximum absolute atomic E-state index is 14.1. The van der Waals surface area contributed by atoms with Gasteiger partial charge < -0.3 is 4.90 Å². The number of amides is 1. The van der Waals surface area contributed by atoms with Gasteiger partial charge in [-0.2, -0.15) is 0 Å². The van der Waals surface area contributed by atoms with Gasteiger partial charge >= 0.3 is 0 Å². The predicted molar refractivity (Wildman–Crippen MR) is 94.9 cm³/mol. The van der Waals surface area contributed by atoms with E-state index in [2.05, 4.69) is 0 Å². The van der Waals surface area contributed by atoms with Gasteiger partial charge in [-0.1, -0.05) is 29.8 Å². The minimum Gasteiger partial charge on any atom is -0.309 e. The third kappa shape index (κ3) is 3.74. The Labute approximate surface area is 147 Å². The number of hydrogen-bond donors (Lipinski definition) is 0. The highest BCUT2D eigenvalue weighted by Gasteiger charge is 2.26. The molecule has 1 aliphatic heterocycles. The number of carbonyl (C=O) groups is 1. The molecule has 4 nitrogen and oxygen atoms in total. The molecule has 0 spiro atoms. The van der Waals surface area contributed by atoms with Crippen LogP contribution in [0.2, 0.25) is 0 Å². The van der Waals surface area contributed by atoms with Crippen LogP contribution in [0.3, 0.4) is 0 Å². The van der Waals surface area contributed by atoms with Crippen LogP contribution >= 0.6 is 0 Å². The van der Waals surface area contributed by atoms with Crippen LogP contribution in [0.5, 0.6) is 0 Å². The van der Waals surface area contributed by atoms with Gasteiger partial charge in [-0.25, -0.2) is 12.8 Å². The Kier molecular flexibility index (Phi) is 4.90. The molecule has 0 N–H and O–H groups in total. The summed E-state index contributed by atoms with van der Waals surface area (Å²) in [4.78, 5) is 14.1. The van der Waals surface area contributed by atoms with Crippen LogP contribution in [0.1, 0.15) is 24.0 Å². The number of para-hydroxylation sites is 1. The lowest BCUT2D eigenvalue weighted by Gasteiger charge is -2.29. The van der Waals surface area contributed by atoms with Gasteiger partial charge in [0.15, 0.2) is 9.84 Å². The summed E-state index contributed by atoms with van der Waals surface area (Å²) in [6.07, 6.45) is 1.30. The number of fused-ring (bicyclic) bond motifs is 1. The van der Waals surface area contributed by atoms with E-state index in [-0.39, 0.29) is 23.0 Å². The van der Waals surface area contributed by atoms with Crippen molar-refractivity contribution < 1.29 is 17.6 Å². The summed E-state index contributed by atoms with van der Waals surface area (Å²) in [6, 6.07) is 11.3. The lowest BCUT2D eigenvalue weighted by molar-refractivity contribution is -0.118. The van der Waals surface area contributed by atoms with Crippen molar-refractivity contribution in [3.05, 3.63) is 59.4 Å².